The summed E-state index contributed by atoms with van der Waals surface area (Å²) < 4.78 is 11.1. The van der Waals surface area contributed by atoms with Crippen LogP contribution in [-0.2, 0) is 21.7 Å². The third-order valence-electron chi connectivity index (χ3n) is 7.98. The quantitative estimate of drug-likeness (QED) is 0.310. The lowest BCUT2D eigenvalue weighted by atomic mass is 9.73. The number of nitrogens with two attached hydrogens (primary N) is 1. The molecule has 3 aromatic carbocycles. The van der Waals surface area contributed by atoms with Gasteiger partial charge in [0.15, 0.2) is 0 Å². The number of carbonyl (C=O) groups excluding carboxylic acids is 3. The highest BCUT2D eigenvalue weighted by Crippen LogP contribution is 2.44. The topological polar surface area (TPSA) is 122 Å². The summed E-state index contributed by atoms with van der Waals surface area (Å²) in [4.78, 5) is 39.7. The number of likely N-dealkylation sites (tertiary alicyclic amines) is 1. The first-order valence-electron chi connectivity index (χ1n) is 14.2. The molecule has 4 rings (SSSR count). The van der Waals surface area contributed by atoms with E-state index in [1.54, 1.807) is 17.0 Å². The average molecular weight is 574 g/mol. The van der Waals surface area contributed by atoms with Crippen LogP contribution in [0.5, 0.6) is 11.5 Å². The first-order chi connectivity index (χ1) is 20.3. The number of methoxy groups -OCH3 is 1. The van der Waals surface area contributed by atoms with Crippen LogP contribution in [0.15, 0.2) is 72.8 Å². The smallest absolute Gasteiger partial charge is 0.416 e. The van der Waals surface area contributed by atoms with Crippen LogP contribution in [0.1, 0.15) is 52.7 Å². The predicted octanol–water partition coefficient (Wildman–Crippen LogP) is 4.99. The van der Waals surface area contributed by atoms with Crippen LogP contribution in [0.2, 0.25) is 0 Å². The molecule has 1 unspecified atom stereocenters. The molecule has 1 aliphatic rings. The van der Waals surface area contributed by atoms with E-state index in [4.69, 9.17) is 15.2 Å². The van der Waals surface area contributed by atoms with Gasteiger partial charge in [-0.15, -0.1) is 0 Å². The number of carbonyl (C=O) groups is 3. The van der Waals surface area contributed by atoms with E-state index in [1.807, 2.05) is 67.6 Å². The van der Waals surface area contributed by atoms with Crippen molar-refractivity contribution in [3.8, 4) is 11.5 Å². The molecule has 222 valence electrons. The zero-order chi connectivity index (χ0) is 30.1. The summed E-state index contributed by atoms with van der Waals surface area (Å²) >= 11 is 0. The molecule has 3 amide bonds. The summed E-state index contributed by atoms with van der Waals surface area (Å²) in [7, 11) is 1.21. The Morgan fingerprint density at radius 1 is 1.07 bits per heavy atom. The molecule has 1 fully saturated rings. The number of aryl methyl sites for hydroxylation is 1. The van der Waals surface area contributed by atoms with Crippen molar-refractivity contribution in [2.45, 2.75) is 44.8 Å². The standard InChI is InChI=1S/C33H39N3O6/c1-24-9-3-5-12-29(24)42-30-13-6-4-11-28(30)33(40,18-8-20-36(23-37)32(39)41-2)27-10-7-19-35(22-27)31(38)26-16-14-25(21-34)15-17-26/h3-6,9,11-17,23,27,40H,7-8,10,18-22,34H2,1-2H3/t27-,33?/m1/s1. The minimum Gasteiger partial charge on any atom is -0.457 e. The number of hydrogen-bond donors (Lipinski definition) is 2. The van der Waals surface area contributed by atoms with Gasteiger partial charge in [-0.2, -0.15) is 0 Å². The van der Waals surface area contributed by atoms with E-state index in [1.165, 1.54) is 7.11 Å². The average Bonchev–Trinajstić information content (AvgIpc) is 3.03. The van der Waals surface area contributed by atoms with E-state index in [2.05, 4.69) is 0 Å². The summed E-state index contributed by atoms with van der Waals surface area (Å²) in [5, 5.41) is 12.6. The molecular weight excluding hydrogens is 534 g/mol. The Kier molecular flexibility index (Phi) is 10.3. The number of rotatable bonds is 11. The van der Waals surface area contributed by atoms with Gasteiger partial charge in [-0.3, -0.25) is 14.5 Å². The Labute approximate surface area is 246 Å². The largest absolute Gasteiger partial charge is 0.457 e. The van der Waals surface area contributed by atoms with E-state index in [0.29, 0.717) is 67.9 Å². The van der Waals surface area contributed by atoms with Crippen molar-refractivity contribution < 1.29 is 29.0 Å². The lowest BCUT2D eigenvalue weighted by Gasteiger charge is -2.43. The minimum atomic E-state index is -1.42. The highest BCUT2D eigenvalue weighted by Gasteiger charge is 2.43. The molecule has 9 nitrogen and oxygen atoms in total. The zero-order valence-electron chi connectivity index (χ0n) is 24.2. The summed E-state index contributed by atoms with van der Waals surface area (Å²) in [6, 6.07) is 22.3. The Hall–Kier alpha value is -4.21. The van der Waals surface area contributed by atoms with Gasteiger partial charge in [-0.05, 0) is 68.0 Å². The molecule has 1 aliphatic heterocycles. The highest BCUT2D eigenvalue weighted by molar-refractivity contribution is 5.94. The maximum absolute atomic E-state index is 13.5. The molecule has 3 N–H and O–H groups in total. The Bertz CT molecular complexity index is 1380. The maximum atomic E-state index is 13.5. The number of aliphatic hydroxyl groups is 1. The fourth-order valence-corrected chi connectivity index (χ4v) is 5.60. The van der Waals surface area contributed by atoms with Gasteiger partial charge in [-0.1, -0.05) is 48.5 Å². The molecule has 0 spiro atoms. The molecule has 0 aromatic heterocycles. The molecule has 0 bridgehead atoms. The molecule has 1 heterocycles. The number of nitrogens with zero attached hydrogens (tertiary/aromatic N) is 2. The first-order valence-corrected chi connectivity index (χ1v) is 14.2. The third-order valence-corrected chi connectivity index (χ3v) is 7.98. The van der Waals surface area contributed by atoms with E-state index in [-0.39, 0.29) is 24.8 Å². The van der Waals surface area contributed by atoms with E-state index in [9.17, 15) is 19.5 Å². The number of hydrogen-bond acceptors (Lipinski definition) is 7. The molecule has 2 atom stereocenters. The van der Waals surface area contributed by atoms with Gasteiger partial charge in [-0.25, -0.2) is 4.79 Å². The SMILES string of the molecule is COC(=O)N(C=O)CCCC(O)(c1ccccc1Oc1ccccc1C)[C@@H]1CCCN(C(=O)c2ccc(CN)cc2)C1. The summed E-state index contributed by atoms with van der Waals surface area (Å²) in [5.74, 6) is 0.748. The van der Waals surface area contributed by atoms with Crippen LogP contribution in [0.3, 0.4) is 0 Å². The lowest BCUT2D eigenvalue weighted by molar-refractivity contribution is -0.117. The summed E-state index contributed by atoms with van der Waals surface area (Å²) in [5.41, 5.74) is 7.35. The van der Waals surface area contributed by atoms with Crippen LogP contribution in [0.4, 0.5) is 4.79 Å². The van der Waals surface area contributed by atoms with Gasteiger partial charge in [0.25, 0.3) is 5.91 Å². The monoisotopic (exact) mass is 573 g/mol. The molecule has 0 saturated carbocycles. The minimum absolute atomic E-state index is 0.0716. The summed E-state index contributed by atoms with van der Waals surface area (Å²) in [6.07, 6.45) is 1.60. The molecule has 0 aliphatic carbocycles. The van der Waals surface area contributed by atoms with Crippen LogP contribution in [0, 0.1) is 12.8 Å². The fourth-order valence-electron chi connectivity index (χ4n) is 5.60. The zero-order valence-corrected chi connectivity index (χ0v) is 24.2. The van der Waals surface area contributed by atoms with Crippen molar-refractivity contribution in [3.05, 3.63) is 95.1 Å². The van der Waals surface area contributed by atoms with Gasteiger partial charge >= 0.3 is 6.09 Å². The third kappa shape index (κ3) is 6.98. The maximum Gasteiger partial charge on any atom is 0.416 e. The number of amides is 3. The van der Waals surface area contributed by atoms with Gasteiger partial charge in [0.05, 0.1) is 12.7 Å². The van der Waals surface area contributed by atoms with Gasteiger partial charge in [0.2, 0.25) is 6.41 Å². The molecule has 9 heteroatoms. The van der Waals surface area contributed by atoms with Crippen molar-refractivity contribution in [1.29, 1.82) is 0 Å². The van der Waals surface area contributed by atoms with Crippen molar-refractivity contribution in [1.82, 2.24) is 9.80 Å². The van der Waals surface area contributed by atoms with Crippen molar-refractivity contribution in [2.75, 3.05) is 26.7 Å². The number of para-hydroxylation sites is 2. The second-order valence-electron chi connectivity index (χ2n) is 10.7. The van der Waals surface area contributed by atoms with Crippen LogP contribution in [-0.4, -0.2) is 60.1 Å². The van der Waals surface area contributed by atoms with Crippen molar-refractivity contribution >= 4 is 18.4 Å². The van der Waals surface area contributed by atoms with E-state index >= 15 is 0 Å². The second-order valence-corrected chi connectivity index (χ2v) is 10.7. The van der Waals surface area contributed by atoms with Crippen LogP contribution >= 0.6 is 0 Å². The molecule has 1 saturated heterocycles. The summed E-state index contributed by atoms with van der Waals surface area (Å²) in [6.45, 7) is 3.33. The van der Waals surface area contributed by atoms with Crippen LogP contribution < -0.4 is 10.5 Å². The molecule has 0 radical (unpaired) electrons. The van der Waals surface area contributed by atoms with Crippen LogP contribution in [0.25, 0.3) is 0 Å². The van der Waals surface area contributed by atoms with Crippen molar-refractivity contribution in [3.63, 3.8) is 0 Å². The number of ether oxygens (including phenoxy) is 2. The first kappa shape index (κ1) is 30.7. The Morgan fingerprint density at radius 2 is 1.76 bits per heavy atom. The lowest BCUT2D eigenvalue weighted by Crippen LogP contribution is -2.48. The van der Waals surface area contributed by atoms with Crippen molar-refractivity contribution in [2.24, 2.45) is 11.7 Å². The number of piperidine rings is 1. The highest BCUT2D eigenvalue weighted by atomic mass is 16.5. The molecular formula is C33H39N3O6. The Balaban J connectivity index is 1.65. The molecule has 42 heavy (non-hydrogen) atoms. The fraction of sp³-hybridized carbons (Fsp3) is 0.364. The molecule has 3 aromatic rings. The second kappa shape index (κ2) is 14.1. The van der Waals surface area contributed by atoms with Gasteiger partial charge < -0.3 is 25.2 Å². The van der Waals surface area contributed by atoms with E-state index < -0.39 is 11.7 Å². The number of imide groups is 1. The van der Waals surface area contributed by atoms with Gasteiger partial charge in [0.1, 0.15) is 11.5 Å². The van der Waals surface area contributed by atoms with Gasteiger partial charge in [0, 0.05) is 43.2 Å². The van der Waals surface area contributed by atoms with E-state index in [0.717, 1.165) is 16.0 Å². The predicted molar refractivity (Wildman–Crippen MR) is 159 cm³/mol. The number of benzene rings is 3. The normalized spacial score (nSPS) is 16.3. The Morgan fingerprint density at radius 3 is 2.43 bits per heavy atom.